The van der Waals surface area contributed by atoms with E-state index in [1.54, 1.807) is 6.92 Å². The van der Waals surface area contributed by atoms with Gasteiger partial charge < -0.3 is 5.32 Å². The maximum Gasteiger partial charge on any atom is 0.217 e. The molecule has 0 saturated carbocycles. The molecule has 4 nitrogen and oxygen atoms in total. The van der Waals surface area contributed by atoms with Gasteiger partial charge in [0, 0.05) is 13.3 Å². The lowest BCUT2D eigenvalue weighted by molar-refractivity contribution is -0.833. The van der Waals surface area contributed by atoms with Crippen LogP contribution in [0.5, 0.6) is 0 Å². The Labute approximate surface area is 155 Å². The standard InChI is InChI=1S/C21H39N3O/c1-4-6-7-8-9-10-11-12-13-14-15-21-23-17-19-24(21,5-2)18-16-22-20(3)25/h12-13H,4-11,14-19H2,1-3H3/p+1/b13-12+. The SMILES string of the molecule is CCCCCCCC/C=C/CCC1=NCC[N+]1(CC)CCNC(C)=O. The van der Waals surface area contributed by atoms with Gasteiger partial charge in [-0.05, 0) is 26.2 Å². The number of hydrogen-bond acceptors (Lipinski definition) is 2. The summed E-state index contributed by atoms with van der Waals surface area (Å²) in [7, 11) is 0. The fourth-order valence-electron chi connectivity index (χ4n) is 3.64. The van der Waals surface area contributed by atoms with Crippen molar-refractivity contribution >= 4 is 11.7 Å². The molecule has 0 aliphatic carbocycles. The molecule has 1 N–H and O–H groups in total. The first kappa shape index (κ1) is 21.9. The monoisotopic (exact) mass is 350 g/mol. The van der Waals surface area contributed by atoms with E-state index >= 15 is 0 Å². The Kier molecular flexibility index (Phi) is 11.5. The molecule has 144 valence electrons. The van der Waals surface area contributed by atoms with E-state index in [0.717, 1.165) is 50.0 Å². The zero-order chi connectivity index (χ0) is 18.4. The third-order valence-electron chi connectivity index (χ3n) is 5.31. The molecule has 0 radical (unpaired) electrons. The number of amidine groups is 1. The average molecular weight is 351 g/mol. The molecule has 0 saturated heterocycles. The van der Waals surface area contributed by atoms with Crippen LogP contribution >= 0.6 is 0 Å². The maximum atomic E-state index is 11.1. The molecule has 25 heavy (non-hydrogen) atoms. The number of nitrogens with one attached hydrogen (secondary N) is 1. The van der Waals surface area contributed by atoms with Crippen LogP contribution in [-0.2, 0) is 4.79 Å². The quantitative estimate of drug-likeness (QED) is 0.280. The number of allylic oxidation sites excluding steroid dienone is 2. The van der Waals surface area contributed by atoms with Crippen molar-refractivity contribution in [2.75, 3.05) is 32.7 Å². The van der Waals surface area contributed by atoms with Gasteiger partial charge in [-0.2, -0.15) is 0 Å². The minimum absolute atomic E-state index is 0.0598. The number of amides is 1. The minimum atomic E-state index is 0.0598. The van der Waals surface area contributed by atoms with Gasteiger partial charge in [0.15, 0.2) is 5.84 Å². The van der Waals surface area contributed by atoms with Gasteiger partial charge in [0.2, 0.25) is 5.91 Å². The van der Waals surface area contributed by atoms with Crippen LogP contribution in [0.4, 0.5) is 0 Å². The first-order valence-electron chi connectivity index (χ1n) is 10.4. The van der Waals surface area contributed by atoms with Gasteiger partial charge >= 0.3 is 0 Å². The van der Waals surface area contributed by atoms with E-state index in [1.807, 2.05) is 0 Å². The van der Waals surface area contributed by atoms with Crippen LogP contribution in [0.3, 0.4) is 0 Å². The molecule has 4 heteroatoms. The molecule has 1 aliphatic heterocycles. The van der Waals surface area contributed by atoms with Crippen LogP contribution in [-0.4, -0.2) is 48.9 Å². The number of carbonyl (C=O) groups is 1. The molecule has 0 aromatic rings. The Bertz CT molecular complexity index is 431. The molecule has 1 heterocycles. The number of carbonyl (C=O) groups excluding carboxylic acids is 1. The van der Waals surface area contributed by atoms with Crippen molar-refractivity contribution < 1.29 is 9.28 Å². The van der Waals surface area contributed by atoms with E-state index in [4.69, 9.17) is 4.99 Å². The number of hydrogen-bond donors (Lipinski definition) is 1. The summed E-state index contributed by atoms with van der Waals surface area (Å²) in [6.07, 6.45) is 16.3. The molecule has 1 atom stereocenters. The van der Waals surface area contributed by atoms with Crippen LogP contribution in [0.15, 0.2) is 17.1 Å². The van der Waals surface area contributed by atoms with Gasteiger partial charge in [0.05, 0.1) is 19.6 Å². The number of rotatable bonds is 14. The van der Waals surface area contributed by atoms with Gasteiger partial charge in [-0.3, -0.25) is 9.28 Å². The zero-order valence-electron chi connectivity index (χ0n) is 16.9. The van der Waals surface area contributed by atoms with Gasteiger partial charge in [-0.25, -0.2) is 4.99 Å². The van der Waals surface area contributed by atoms with E-state index in [1.165, 1.54) is 50.8 Å². The molecule has 0 aromatic heterocycles. The topological polar surface area (TPSA) is 41.5 Å². The number of aliphatic imine (C=N–C) groups is 1. The second-order valence-electron chi connectivity index (χ2n) is 7.26. The number of unbranched alkanes of at least 4 members (excludes halogenated alkanes) is 6. The summed E-state index contributed by atoms with van der Waals surface area (Å²) in [5, 5.41) is 2.94. The second-order valence-corrected chi connectivity index (χ2v) is 7.26. The Hall–Kier alpha value is -1.16. The summed E-state index contributed by atoms with van der Waals surface area (Å²) < 4.78 is 0.964. The highest BCUT2D eigenvalue weighted by molar-refractivity contribution is 5.77. The van der Waals surface area contributed by atoms with E-state index in [9.17, 15) is 4.79 Å². The second kappa shape index (κ2) is 13.1. The molecule has 1 aliphatic rings. The average Bonchev–Trinajstić information content (AvgIpc) is 2.99. The number of quaternary nitrogens is 1. The van der Waals surface area contributed by atoms with Gasteiger partial charge in [-0.1, -0.05) is 51.2 Å². The summed E-state index contributed by atoms with van der Waals surface area (Å²) in [4.78, 5) is 15.9. The first-order chi connectivity index (χ1) is 12.1. The van der Waals surface area contributed by atoms with E-state index in [2.05, 4.69) is 31.3 Å². The molecule has 1 amide bonds. The molecular weight excluding hydrogens is 310 g/mol. The highest BCUT2D eigenvalue weighted by atomic mass is 16.1. The predicted octanol–water partition coefficient (Wildman–Crippen LogP) is 4.46. The van der Waals surface area contributed by atoms with Crippen molar-refractivity contribution in [3.05, 3.63) is 12.2 Å². The Morgan fingerprint density at radius 1 is 1.12 bits per heavy atom. The summed E-state index contributed by atoms with van der Waals surface area (Å²) in [6, 6.07) is 0. The first-order valence-corrected chi connectivity index (χ1v) is 10.4. The molecule has 0 spiro atoms. The van der Waals surface area contributed by atoms with E-state index < -0.39 is 0 Å². The molecular formula is C21H40N3O+. The van der Waals surface area contributed by atoms with Crippen LogP contribution < -0.4 is 5.32 Å². The van der Waals surface area contributed by atoms with Crippen LogP contribution in [0.2, 0.25) is 0 Å². The van der Waals surface area contributed by atoms with Crippen LogP contribution in [0.25, 0.3) is 0 Å². The van der Waals surface area contributed by atoms with Crippen molar-refractivity contribution in [1.29, 1.82) is 0 Å². The maximum absolute atomic E-state index is 11.1. The normalized spacial score (nSPS) is 20.2. The largest absolute Gasteiger partial charge is 0.351 e. The van der Waals surface area contributed by atoms with Crippen molar-refractivity contribution in [3.63, 3.8) is 0 Å². The van der Waals surface area contributed by atoms with Crippen molar-refractivity contribution in [2.24, 2.45) is 4.99 Å². The third-order valence-corrected chi connectivity index (χ3v) is 5.31. The summed E-state index contributed by atoms with van der Waals surface area (Å²) >= 11 is 0. The zero-order valence-corrected chi connectivity index (χ0v) is 16.9. The molecule has 0 aromatic carbocycles. The summed E-state index contributed by atoms with van der Waals surface area (Å²) in [6.45, 7) is 10.9. The van der Waals surface area contributed by atoms with Crippen molar-refractivity contribution in [3.8, 4) is 0 Å². The molecule has 1 rings (SSSR count). The van der Waals surface area contributed by atoms with Crippen LogP contribution in [0.1, 0.15) is 78.6 Å². The molecule has 0 fully saturated rings. The van der Waals surface area contributed by atoms with E-state index in [0.29, 0.717) is 0 Å². The van der Waals surface area contributed by atoms with Gasteiger partial charge in [0.25, 0.3) is 0 Å². The highest BCUT2D eigenvalue weighted by Crippen LogP contribution is 2.18. The van der Waals surface area contributed by atoms with Gasteiger partial charge in [0.1, 0.15) is 13.1 Å². The number of likely N-dealkylation sites (N-methyl/N-ethyl adjacent to an activating group) is 1. The predicted molar refractivity (Wildman–Crippen MR) is 108 cm³/mol. The van der Waals surface area contributed by atoms with Crippen molar-refractivity contribution in [1.82, 2.24) is 5.32 Å². The summed E-state index contributed by atoms with van der Waals surface area (Å²) in [5.41, 5.74) is 0. The summed E-state index contributed by atoms with van der Waals surface area (Å²) in [5.74, 6) is 1.39. The minimum Gasteiger partial charge on any atom is -0.351 e. The Balaban J connectivity index is 2.23. The van der Waals surface area contributed by atoms with Gasteiger partial charge in [-0.15, -0.1) is 0 Å². The lowest BCUT2D eigenvalue weighted by Gasteiger charge is -2.33. The fraction of sp³-hybridized carbons (Fsp3) is 0.810. The van der Waals surface area contributed by atoms with Crippen LogP contribution in [0, 0.1) is 0 Å². The van der Waals surface area contributed by atoms with Crippen molar-refractivity contribution in [2.45, 2.75) is 78.6 Å². The Morgan fingerprint density at radius 3 is 2.56 bits per heavy atom. The fourth-order valence-corrected chi connectivity index (χ4v) is 3.64. The smallest absolute Gasteiger partial charge is 0.217 e. The lowest BCUT2D eigenvalue weighted by Crippen LogP contribution is -2.54. The third kappa shape index (κ3) is 8.66. The lowest BCUT2D eigenvalue weighted by atomic mass is 10.1. The molecule has 1 unspecified atom stereocenters. The Morgan fingerprint density at radius 2 is 1.84 bits per heavy atom. The van der Waals surface area contributed by atoms with E-state index in [-0.39, 0.29) is 5.91 Å². The molecule has 0 bridgehead atoms. The number of nitrogens with zero attached hydrogens (tertiary/aromatic N) is 2. The highest BCUT2D eigenvalue weighted by Gasteiger charge is 2.35.